The second-order valence-corrected chi connectivity index (χ2v) is 6.01. The van der Waals surface area contributed by atoms with E-state index >= 15 is 0 Å². The summed E-state index contributed by atoms with van der Waals surface area (Å²) >= 11 is 0. The van der Waals surface area contributed by atoms with E-state index < -0.39 is 0 Å². The van der Waals surface area contributed by atoms with E-state index in [1.165, 1.54) is 32.1 Å². The van der Waals surface area contributed by atoms with Crippen molar-refractivity contribution in [3.8, 4) is 0 Å². The second kappa shape index (κ2) is 5.12. The average Bonchev–Trinajstić information content (AvgIpc) is 3.02. The van der Waals surface area contributed by atoms with Crippen molar-refractivity contribution in [1.29, 1.82) is 0 Å². The Morgan fingerprint density at radius 3 is 2.84 bits per heavy atom. The van der Waals surface area contributed by atoms with Crippen LogP contribution in [-0.2, 0) is 4.74 Å². The molecule has 0 bridgehead atoms. The van der Waals surface area contributed by atoms with Gasteiger partial charge in [0.15, 0.2) is 0 Å². The third kappa shape index (κ3) is 2.76. The van der Waals surface area contributed by atoms with Gasteiger partial charge in [-0.1, -0.05) is 18.9 Å². The van der Waals surface area contributed by atoms with Crippen LogP contribution >= 0.6 is 0 Å². The van der Waals surface area contributed by atoms with Crippen molar-refractivity contribution in [2.45, 2.75) is 57.2 Å². The molecule has 2 fully saturated rings. The number of hydrogen-bond acceptors (Lipinski definition) is 2. The number of ether oxygens (including phenoxy) is 1. The maximum atomic E-state index is 13.4. The Labute approximate surface area is 114 Å². The van der Waals surface area contributed by atoms with E-state index in [4.69, 9.17) is 4.74 Å². The number of aryl methyl sites for hydroxylation is 1. The van der Waals surface area contributed by atoms with Gasteiger partial charge in [0.2, 0.25) is 0 Å². The van der Waals surface area contributed by atoms with Crippen molar-refractivity contribution in [3.05, 3.63) is 29.6 Å². The first-order valence-electron chi connectivity index (χ1n) is 7.35. The third-order valence-electron chi connectivity index (χ3n) is 4.56. The summed E-state index contributed by atoms with van der Waals surface area (Å²) in [5.41, 5.74) is 1.72. The molecule has 1 saturated carbocycles. The Morgan fingerprint density at radius 1 is 1.32 bits per heavy atom. The molecule has 2 aliphatic rings. The second-order valence-electron chi connectivity index (χ2n) is 6.01. The van der Waals surface area contributed by atoms with Gasteiger partial charge in [-0.2, -0.15) is 0 Å². The van der Waals surface area contributed by atoms with Crippen LogP contribution in [0.4, 0.5) is 10.1 Å². The molecule has 0 amide bonds. The Balaban J connectivity index is 1.54. The normalized spacial score (nSPS) is 25.1. The lowest BCUT2D eigenvalue weighted by Crippen LogP contribution is -2.27. The molecular formula is C16H22FNO. The van der Waals surface area contributed by atoms with Gasteiger partial charge in [-0.3, -0.25) is 0 Å². The lowest BCUT2D eigenvalue weighted by atomic mass is 9.98. The molecule has 1 aromatic carbocycles. The topological polar surface area (TPSA) is 21.3 Å². The van der Waals surface area contributed by atoms with Gasteiger partial charge in [0.1, 0.15) is 5.82 Å². The van der Waals surface area contributed by atoms with Gasteiger partial charge in [0, 0.05) is 12.2 Å². The van der Waals surface area contributed by atoms with E-state index in [9.17, 15) is 4.39 Å². The van der Waals surface area contributed by atoms with Gasteiger partial charge in [0.05, 0.1) is 11.7 Å². The summed E-state index contributed by atoms with van der Waals surface area (Å²) in [6, 6.07) is 5.31. The first-order chi connectivity index (χ1) is 9.17. The number of nitrogens with one attached hydrogen (secondary N) is 1. The molecule has 1 aliphatic heterocycles. The van der Waals surface area contributed by atoms with E-state index in [-0.39, 0.29) is 17.5 Å². The van der Waals surface area contributed by atoms with Crippen molar-refractivity contribution in [2.24, 2.45) is 0 Å². The Kier molecular flexibility index (Phi) is 3.48. The van der Waals surface area contributed by atoms with Crippen LogP contribution in [-0.4, -0.2) is 18.2 Å². The molecule has 0 aromatic heterocycles. The van der Waals surface area contributed by atoms with Crippen molar-refractivity contribution in [2.75, 3.05) is 11.9 Å². The minimum absolute atomic E-state index is 0.149. The van der Waals surface area contributed by atoms with Crippen LogP contribution in [0.1, 0.15) is 44.1 Å². The highest BCUT2D eigenvalue weighted by Crippen LogP contribution is 2.43. The summed E-state index contributed by atoms with van der Waals surface area (Å²) in [5.74, 6) is -0.149. The minimum atomic E-state index is -0.149. The van der Waals surface area contributed by atoms with Gasteiger partial charge in [-0.05, 0) is 50.3 Å². The first kappa shape index (κ1) is 12.9. The summed E-state index contributed by atoms with van der Waals surface area (Å²) in [6.07, 6.45) is 7.67. The predicted molar refractivity (Wildman–Crippen MR) is 74.9 cm³/mol. The van der Waals surface area contributed by atoms with E-state index in [1.807, 2.05) is 12.1 Å². The number of anilines is 1. The zero-order chi connectivity index (χ0) is 13.3. The fourth-order valence-corrected chi connectivity index (χ4v) is 3.36. The average molecular weight is 263 g/mol. The third-order valence-corrected chi connectivity index (χ3v) is 4.56. The molecule has 19 heavy (non-hydrogen) atoms. The predicted octanol–water partition coefficient (Wildman–Crippen LogP) is 4.04. The monoisotopic (exact) mass is 263 g/mol. The molecular weight excluding hydrogens is 241 g/mol. The lowest BCUT2D eigenvalue weighted by Gasteiger charge is -2.24. The molecule has 2 nitrogen and oxygen atoms in total. The van der Waals surface area contributed by atoms with Crippen molar-refractivity contribution >= 4 is 5.69 Å². The van der Waals surface area contributed by atoms with Crippen LogP contribution in [0.2, 0.25) is 0 Å². The van der Waals surface area contributed by atoms with Crippen LogP contribution in [0.5, 0.6) is 0 Å². The van der Waals surface area contributed by atoms with Crippen molar-refractivity contribution < 1.29 is 9.13 Å². The quantitative estimate of drug-likeness (QED) is 0.888. The van der Waals surface area contributed by atoms with Gasteiger partial charge < -0.3 is 10.1 Å². The highest BCUT2D eigenvalue weighted by molar-refractivity contribution is 5.45. The van der Waals surface area contributed by atoms with E-state index in [1.54, 1.807) is 13.0 Å². The first-order valence-corrected chi connectivity index (χ1v) is 7.35. The smallest absolute Gasteiger partial charge is 0.128 e. The summed E-state index contributed by atoms with van der Waals surface area (Å²) in [5, 5.41) is 3.30. The van der Waals surface area contributed by atoms with Crippen molar-refractivity contribution in [1.82, 2.24) is 0 Å². The molecule has 1 unspecified atom stereocenters. The fourth-order valence-electron chi connectivity index (χ4n) is 3.36. The molecule has 1 spiro atoms. The molecule has 104 valence electrons. The van der Waals surface area contributed by atoms with Crippen LogP contribution < -0.4 is 5.32 Å². The summed E-state index contributed by atoms with van der Waals surface area (Å²) in [7, 11) is 0. The van der Waals surface area contributed by atoms with E-state index in [2.05, 4.69) is 5.32 Å². The molecule has 3 rings (SSSR count). The Bertz CT molecular complexity index is 454. The molecule has 0 radical (unpaired) electrons. The van der Waals surface area contributed by atoms with Crippen molar-refractivity contribution in [3.63, 3.8) is 0 Å². The SMILES string of the molecule is Cc1ccc(NCC2CCC3(CCCC3)O2)cc1F. The Morgan fingerprint density at radius 2 is 2.11 bits per heavy atom. The maximum Gasteiger partial charge on any atom is 0.128 e. The molecule has 1 aliphatic carbocycles. The van der Waals surface area contributed by atoms with Crippen LogP contribution in [0, 0.1) is 12.7 Å². The molecule has 1 heterocycles. The minimum Gasteiger partial charge on any atom is -0.382 e. The Hall–Kier alpha value is -1.09. The van der Waals surface area contributed by atoms with Crippen LogP contribution in [0.3, 0.4) is 0 Å². The molecule has 1 atom stereocenters. The van der Waals surface area contributed by atoms with Gasteiger partial charge in [0.25, 0.3) is 0 Å². The molecule has 1 saturated heterocycles. The van der Waals surface area contributed by atoms with E-state index in [0.717, 1.165) is 18.7 Å². The summed E-state index contributed by atoms with van der Waals surface area (Å²) < 4.78 is 19.7. The highest BCUT2D eigenvalue weighted by atomic mass is 19.1. The zero-order valence-corrected chi connectivity index (χ0v) is 11.5. The van der Waals surface area contributed by atoms with E-state index in [0.29, 0.717) is 5.56 Å². The molecule has 3 heteroatoms. The maximum absolute atomic E-state index is 13.4. The number of rotatable bonds is 3. The van der Waals surface area contributed by atoms with Gasteiger partial charge in [-0.15, -0.1) is 0 Å². The largest absolute Gasteiger partial charge is 0.382 e. The lowest BCUT2D eigenvalue weighted by molar-refractivity contribution is -0.0307. The zero-order valence-electron chi connectivity index (χ0n) is 11.5. The van der Waals surface area contributed by atoms with Crippen LogP contribution in [0.25, 0.3) is 0 Å². The summed E-state index contributed by atoms with van der Waals surface area (Å²) in [4.78, 5) is 0. The van der Waals surface area contributed by atoms with Gasteiger partial charge >= 0.3 is 0 Å². The fraction of sp³-hybridized carbons (Fsp3) is 0.625. The highest BCUT2D eigenvalue weighted by Gasteiger charge is 2.41. The number of halogens is 1. The summed E-state index contributed by atoms with van der Waals surface area (Å²) in [6.45, 7) is 2.56. The molecule has 1 N–H and O–H groups in total. The van der Waals surface area contributed by atoms with Crippen LogP contribution in [0.15, 0.2) is 18.2 Å². The number of benzene rings is 1. The molecule has 1 aromatic rings. The number of hydrogen-bond donors (Lipinski definition) is 1. The standard InChI is InChI=1S/C16H22FNO/c1-12-4-5-13(10-15(12)17)18-11-14-6-9-16(19-14)7-2-3-8-16/h4-5,10,14,18H,2-3,6-9,11H2,1H3. The van der Waals surface area contributed by atoms with Gasteiger partial charge in [-0.25, -0.2) is 4.39 Å².